The van der Waals surface area contributed by atoms with Gasteiger partial charge in [0.25, 0.3) is 0 Å². The van der Waals surface area contributed by atoms with Gasteiger partial charge in [0.1, 0.15) is 12.4 Å². The van der Waals surface area contributed by atoms with Crippen LogP contribution < -0.4 is 11.1 Å². The lowest BCUT2D eigenvalue weighted by Crippen LogP contribution is -2.14. The normalized spacial score (nSPS) is 10.3. The van der Waals surface area contributed by atoms with Crippen molar-refractivity contribution in [3.8, 4) is 0 Å². The van der Waals surface area contributed by atoms with Crippen LogP contribution in [0.25, 0.3) is 10.8 Å². The number of carbonyl (C=O) groups excluding carboxylic acids is 1. The number of nitrogen functional groups attached to an aromatic ring is 1. The van der Waals surface area contributed by atoms with Gasteiger partial charge in [0.05, 0.1) is 5.69 Å². The van der Waals surface area contributed by atoms with E-state index in [4.69, 9.17) is 15.9 Å². The third-order valence-corrected chi connectivity index (χ3v) is 3.64. The van der Waals surface area contributed by atoms with Crippen LogP contribution in [0.2, 0.25) is 0 Å². The van der Waals surface area contributed by atoms with Gasteiger partial charge in [0.15, 0.2) is 0 Å². The zero-order valence-electron chi connectivity index (χ0n) is 13.0. The zero-order chi connectivity index (χ0) is 16.9. The number of rotatable bonds is 4. The molecule has 0 aliphatic rings. The average molecular weight is 319 g/mol. The molecule has 0 saturated heterocycles. The molecule has 0 unspecified atom stereocenters. The van der Waals surface area contributed by atoms with Crippen molar-refractivity contribution in [1.82, 2.24) is 0 Å². The highest BCUT2D eigenvalue weighted by Crippen LogP contribution is 2.24. The Morgan fingerprint density at radius 3 is 2.58 bits per heavy atom. The van der Waals surface area contributed by atoms with Gasteiger partial charge >= 0.3 is 6.09 Å². The van der Waals surface area contributed by atoms with Crippen molar-refractivity contribution < 1.29 is 9.53 Å². The molecule has 24 heavy (non-hydrogen) atoms. The molecule has 120 valence electrons. The van der Waals surface area contributed by atoms with E-state index in [2.05, 4.69) is 5.32 Å². The zero-order valence-corrected chi connectivity index (χ0v) is 13.0. The number of amidine groups is 1. The van der Waals surface area contributed by atoms with Crippen LogP contribution in [-0.4, -0.2) is 11.9 Å². The molecule has 0 aromatic heterocycles. The standard InChI is InChI=1S/C19H17N3O2/c20-18(21)15-10-9-14-7-4-8-17(16(14)11-15)22-19(23)24-12-13-5-2-1-3-6-13/h1-11H,12H2,(H3,20,21)(H,22,23). The number of hydrogen-bond donors (Lipinski definition) is 3. The van der Waals surface area contributed by atoms with Crippen LogP contribution in [0.15, 0.2) is 66.7 Å². The molecule has 0 aliphatic carbocycles. The molecule has 4 N–H and O–H groups in total. The summed E-state index contributed by atoms with van der Waals surface area (Å²) in [5.41, 5.74) is 7.69. The van der Waals surface area contributed by atoms with Gasteiger partial charge in [-0.15, -0.1) is 0 Å². The molecule has 0 aliphatic heterocycles. The van der Waals surface area contributed by atoms with Crippen LogP contribution in [-0.2, 0) is 11.3 Å². The third kappa shape index (κ3) is 3.52. The van der Waals surface area contributed by atoms with Gasteiger partial charge in [-0.1, -0.05) is 54.6 Å². The minimum atomic E-state index is -0.528. The molecule has 0 radical (unpaired) electrons. The van der Waals surface area contributed by atoms with Crippen LogP contribution in [0.1, 0.15) is 11.1 Å². The minimum Gasteiger partial charge on any atom is -0.444 e. The number of fused-ring (bicyclic) bond motifs is 1. The fourth-order valence-electron chi connectivity index (χ4n) is 2.42. The van der Waals surface area contributed by atoms with E-state index in [9.17, 15) is 4.79 Å². The Morgan fingerprint density at radius 1 is 1.04 bits per heavy atom. The Morgan fingerprint density at radius 2 is 1.83 bits per heavy atom. The van der Waals surface area contributed by atoms with E-state index in [0.29, 0.717) is 11.3 Å². The second-order valence-electron chi connectivity index (χ2n) is 5.34. The first-order chi connectivity index (χ1) is 11.6. The maximum atomic E-state index is 12.0. The molecule has 1 amide bonds. The van der Waals surface area contributed by atoms with Crippen LogP contribution in [0.5, 0.6) is 0 Å². The number of benzene rings is 3. The van der Waals surface area contributed by atoms with Crippen molar-refractivity contribution in [2.45, 2.75) is 6.61 Å². The molecule has 5 heteroatoms. The highest BCUT2D eigenvalue weighted by molar-refractivity contribution is 6.04. The summed E-state index contributed by atoms with van der Waals surface area (Å²) < 4.78 is 5.24. The monoisotopic (exact) mass is 319 g/mol. The number of amides is 1. The van der Waals surface area contributed by atoms with Crippen LogP contribution in [0.4, 0.5) is 10.5 Å². The first-order valence-corrected chi connectivity index (χ1v) is 7.48. The topological polar surface area (TPSA) is 88.2 Å². The molecule has 0 heterocycles. The summed E-state index contributed by atoms with van der Waals surface area (Å²) in [6, 6.07) is 20.5. The smallest absolute Gasteiger partial charge is 0.411 e. The van der Waals surface area contributed by atoms with E-state index in [1.807, 2.05) is 48.5 Å². The molecule has 3 rings (SSSR count). The van der Waals surface area contributed by atoms with Crippen molar-refractivity contribution in [2.75, 3.05) is 5.32 Å². The quantitative estimate of drug-likeness (QED) is 0.504. The molecule has 3 aromatic carbocycles. The first-order valence-electron chi connectivity index (χ1n) is 7.48. The van der Waals surface area contributed by atoms with Gasteiger partial charge in [-0.2, -0.15) is 0 Å². The van der Waals surface area contributed by atoms with Crippen molar-refractivity contribution in [1.29, 1.82) is 5.41 Å². The minimum absolute atomic E-state index is 0.0154. The van der Waals surface area contributed by atoms with Crippen LogP contribution in [0.3, 0.4) is 0 Å². The van der Waals surface area contributed by atoms with Crippen LogP contribution >= 0.6 is 0 Å². The second-order valence-corrected chi connectivity index (χ2v) is 5.34. The summed E-state index contributed by atoms with van der Waals surface area (Å²) >= 11 is 0. The van der Waals surface area contributed by atoms with E-state index in [1.54, 1.807) is 18.2 Å². The Balaban J connectivity index is 1.77. The lowest BCUT2D eigenvalue weighted by Gasteiger charge is -2.10. The van der Waals surface area contributed by atoms with Gasteiger partial charge in [0, 0.05) is 10.9 Å². The van der Waals surface area contributed by atoms with Gasteiger partial charge in [0.2, 0.25) is 0 Å². The Hall–Kier alpha value is -3.34. The molecule has 0 fully saturated rings. The summed E-state index contributed by atoms with van der Waals surface area (Å²) in [7, 11) is 0. The average Bonchev–Trinajstić information content (AvgIpc) is 2.61. The highest BCUT2D eigenvalue weighted by Gasteiger charge is 2.08. The van der Waals surface area contributed by atoms with Gasteiger partial charge < -0.3 is 10.5 Å². The van der Waals surface area contributed by atoms with E-state index < -0.39 is 6.09 Å². The van der Waals surface area contributed by atoms with Gasteiger partial charge in [-0.3, -0.25) is 10.7 Å². The molecule has 5 nitrogen and oxygen atoms in total. The second kappa shape index (κ2) is 6.83. The molecule has 0 atom stereocenters. The number of nitrogens with two attached hydrogens (primary N) is 1. The SMILES string of the molecule is N=C(N)c1ccc2cccc(NC(=O)OCc3ccccc3)c2c1. The van der Waals surface area contributed by atoms with Crippen LogP contribution in [0, 0.1) is 5.41 Å². The highest BCUT2D eigenvalue weighted by atomic mass is 16.5. The Bertz CT molecular complexity index is 892. The van der Waals surface area contributed by atoms with Crippen molar-refractivity contribution >= 4 is 28.4 Å². The number of hydrogen-bond acceptors (Lipinski definition) is 3. The summed E-state index contributed by atoms with van der Waals surface area (Å²) in [4.78, 5) is 12.0. The lowest BCUT2D eigenvalue weighted by atomic mass is 10.0. The van der Waals surface area contributed by atoms with Gasteiger partial charge in [-0.25, -0.2) is 4.79 Å². The summed E-state index contributed by atoms with van der Waals surface area (Å²) in [6.07, 6.45) is -0.528. The number of ether oxygens (including phenoxy) is 1. The molecule has 0 spiro atoms. The van der Waals surface area contributed by atoms with Crippen molar-refractivity contribution in [3.05, 3.63) is 77.9 Å². The summed E-state index contributed by atoms with van der Waals surface area (Å²) in [6.45, 7) is 0.204. The van der Waals surface area contributed by atoms with Crippen molar-refractivity contribution in [2.24, 2.45) is 5.73 Å². The molecular weight excluding hydrogens is 302 g/mol. The predicted molar refractivity (Wildman–Crippen MR) is 95.2 cm³/mol. The van der Waals surface area contributed by atoms with E-state index in [0.717, 1.165) is 16.3 Å². The van der Waals surface area contributed by atoms with E-state index in [-0.39, 0.29) is 12.4 Å². The number of carbonyl (C=O) groups is 1. The Kier molecular flexibility index (Phi) is 4.43. The fraction of sp³-hybridized carbons (Fsp3) is 0.0526. The molecule has 0 saturated carbocycles. The fourth-order valence-corrected chi connectivity index (χ4v) is 2.42. The van der Waals surface area contributed by atoms with Crippen molar-refractivity contribution in [3.63, 3.8) is 0 Å². The molecule has 0 bridgehead atoms. The first kappa shape index (κ1) is 15.6. The Labute approximate surface area is 139 Å². The maximum absolute atomic E-state index is 12.0. The maximum Gasteiger partial charge on any atom is 0.411 e. The summed E-state index contributed by atoms with van der Waals surface area (Å²) in [5, 5.41) is 12.1. The third-order valence-electron chi connectivity index (χ3n) is 3.64. The van der Waals surface area contributed by atoms with E-state index in [1.165, 1.54) is 0 Å². The largest absolute Gasteiger partial charge is 0.444 e. The van der Waals surface area contributed by atoms with Gasteiger partial charge in [-0.05, 0) is 23.1 Å². The number of anilines is 1. The summed E-state index contributed by atoms with van der Waals surface area (Å²) in [5.74, 6) is -0.0154. The lowest BCUT2D eigenvalue weighted by molar-refractivity contribution is 0.155. The predicted octanol–water partition coefficient (Wildman–Crippen LogP) is 3.87. The van der Waals surface area contributed by atoms with E-state index >= 15 is 0 Å². The molecule has 3 aromatic rings. The molecular formula is C19H17N3O2. The number of nitrogens with one attached hydrogen (secondary N) is 2.